The van der Waals surface area contributed by atoms with E-state index in [2.05, 4.69) is 17.4 Å². The average Bonchev–Trinajstić information content (AvgIpc) is 2.90. The van der Waals surface area contributed by atoms with Gasteiger partial charge in [-0.15, -0.1) is 11.8 Å². The molecule has 1 aromatic carbocycles. The zero-order chi connectivity index (χ0) is 12.1. The zero-order valence-electron chi connectivity index (χ0n) is 9.94. The summed E-state index contributed by atoms with van der Waals surface area (Å²) in [7, 11) is 0. The van der Waals surface area contributed by atoms with Crippen LogP contribution >= 0.6 is 11.8 Å². The Hall–Kier alpha value is -1.00. The second-order valence-electron chi connectivity index (χ2n) is 4.07. The SMILES string of the molecule is CSc1ccc(CNC(=O)C2CCCO2)cc1. The Morgan fingerprint density at radius 3 is 2.82 bits per heavy atom. The van der Waals surface area contributed by atoms with Crippen LogP contribution < -0.4 is 5.32 Å². The molecule has 1 aliphatic rings. The topological polar surface area (TPSA) is 38.3 Å². The lowest BCUT2D eigenvalue weighted by atomic mass is 10.2. The molecule has 1 heterocycles. The van der Waals surface area contributed by atoms with Gasteiger partial charge in [0.25, 0.3) is 0 Å². The molecule has 0 spiro atoms. The number of benzene rings is 1. The molecule has 1 amide bonds. The third kappa shape index (κ3) is 3.48. The largest absolute Gasteiger partial charge is 0.368 e. The van der Waals surface area contributed by atoms with Gasteiger partial charge in [0.15, 0.2) is 0 Å². The van der Waals surface area contributed by atoms with Crippen LogP contribution in [-0.2, 0) is 16.1 Å². The molecular weight excluding hydrogens is 234 g/mol. The smallest absolute Gasteiger partial charge is 0.249 e. The Labute approximate surface area is 106 Å². The van der Waals surface area contributed by atoms with E-state index in [1.54, 1.807) is 11.8 Å². The van der Waals surface area contributed by atoms with Crippen LogP contribution in [0.25, 0.3) is 0 Å². The summed E-state index contributed by atoms with van der Waals surface area (Å²) < 4.78 is 5.32. The van der Waals surface area contributed by atoms with Crippen LogP contribution in [0, 0.1) is 0 Å². The molecule has 1 fully saturated rings. The van der Waals surface area contributed by atoms with E-state index in [0.29, 0.717) is 13.2 Å². The quantitative estimate of drug-likeness (QED) is 0.834. The lowest BCUT2D eigenvalue weighted by Gasteiger charge is -2.10. The highest BCUT2D eigenvalue weighted by molar-refractivity contribution is 7.98. The highest BCUT2D eigenvalue weighted by atomic mass is 32.2. The molecule has 17 heavy (non-hydrogen) atoms. The molecule has 1 aromatic rings. The molecule has 1 aliphatic heterocycles. The molecule has 92 valence electrons. The Morgan fingerprint density at radius 2 is 2.24 bits per heavy atom. The van der Waals surface area contributed by atoms with Crippen LogP contribution in [0.15, 0.2) is 29.2 Å². The first-order valence-corrected chi connectivity index (χ1v) is 7.04. The standard InChI is InChI=1S/C13H17NO2S/c1-17-11-6-4-10(5-7-11)9-14-13(15)12-3-2-8-16-12/h4-7,12H,2-3,8-9H2,1H3,(H,14,15). The molecule has 1 N–H and O–H groups in total. The molecule has 1 unspecified atom stereocenters. The number of rotatable bonds is 4. The van der Waals surface area contributed by atoms with Crippen LogP contribution in [0.3, 0.4) is 0 Å². The fourth-order valence-corrected chi connectivity index (χ4v) is 2.24. The van der Waals surface area contributed by atoms with E-state index in [-0.39, 0.29) is 12.0 Å². The van der Waals surface area contributed by atoms with Crippen molar-refractivity contribution in [2.75, 3.05) is 12.9 Å². The number of carbonyl (C=O) groups is 1. The predicted molar refractivity (Wildman–Crippen MR) is 69.0 cm³/mol. The van der Waals surface area contributed by atoms with Crippen molar-refractivity contribution in [1.29, 1.82) is 0 Å². The summed E-state index contributed by atoms with van der Waals surface area (Å²) in [4.78, 5) is 12.9. The van der Waals surface area contributed by atoms with Gasteiger partial charge in [0.1, 0.15) is 6.10 Å². The Morgan fingerprint density at radius 1 is 1.47 bits per heavy atom. The molecule has 1 atom stereocenters. The zero-order valence-corrected chi connectivity index (χ0v) is 10.8. The molecule has 2 rings (SSSR count). The van der Waals surface area contributed by atoms with Gasteiger partial charge < -0.3 is 10.1 Å². The second-order valence-corrected chi connectivity index (χ2v) is 4.95. The lowest BCUT2D eigenvalue weighted by Crippen LogP contribution is -2.33. The minimum Gasteiger partial charge on any atom is -0.368 e. The minimum absolute atomic E-state index is 0.0106. The maximum Gasteiger partial charge on any atom is 0.249 e. The number of hydrogen-bond acceptors (Lipinski definition) is 3. The average molecular weight is 251 g/mol. The molecule has 1 saturated heterocycles. The van der Waals surface area contributed by atoms with Crippen molar-refractivity contribution >= 4 is 17.7 Å². The summed E-state index contributed by atoms with van der Waals surface area (Å²) >= 11 is 1.71. The van der Waals surface area contributed by atoms with E-state index in [1.165, 1.54) is 4.90 Å². The summed E-state index contributed by atoms with van der Waals surface area (Å²) in [6.45, 7) is 1.29. The molecule has 0 saturated carbocycles. The third-order valence-electron chi connectivity index (χ3n) is 2.85. The van der Waals surface area contributed by atoms with E-state index in [4.69, 9.17) is 4.74 Å². The van der Waals surface area contributed by atoms with Crippen molar-refractivity contribution in [3.8, 4) is 0 Å². The number of hydrogen-bond donors (Lipinski definition) is 1. The monoisotopic (exact) mass is 251 g/mol. The molecule has 4 heteroatoms. The molecule has 3 nitrogen and oxygen atoms in total. The molecule has 0 aromatic heterocycles. The van der Waals surface area contributed by atoms with Gasteiger partial charge in [0.05, 0.1) is 0 Å². The van der Waals surface area contributed by atoms with Crippen molar-refractivity contribution in [3.05, 3.63) is 29.8 Å². The van der Waals surface area contributed by atoms with E-state index in [0.717, 1.165) is 18.4 Å². The number of nitrogens with one attached hydrogen (secondary N) is 1. The van der Waals surface area contributed by atoms with Gasteiger partial charge in [0, 0.05) is 18.0 Å². The minimum atomic E-state index is -0.236. The fraction of sp³-hybridized carbons (Fsp3) is 0.462. The summed E-state index contributed by atoms with van der Waals surface area (Å²) in [5.74, 6) is 0.0106. The van der Waals surface area contributed by atoms with Gasteiger partial charge in [-0.25, -0.2) is 0 Å². The fourth-order valence-electron chi connectivity index (χ4n) is 1.83. The van der Waals surface area contributed by atoms with Crippen molar-refractivity contribution in [2.45, 2.75) is 30.4 Å². The molecule has 0 aliphatic carbocycles. The predicted octanol–water partition coefficient (Wildman–Crippen LogP) is 2.20. The van der Waals surface area contributed by atoms with Crippen molar-refractivity contribution in [2.24, 2.45) is 0 Å². The maximum atomic E-state index is 11.7. The summed E-state index contributed by atoms with van der Waals surface area (Å²) in [6.07, 6.45) is 3.65. The van der Waals surface area contributed by atoms with Crippen molar-refractivity contribution in [1.82, 2.24) is 5.32 Å². The van der Waals surface area contributed by atoms with E-state index >= 15 is 0 Å². The van der Waals surface area contributed by atoms with E-state index < -0.39 is 0 Å². The third-order valence-corrected chi connectivity index (χ3v) is 3.59. The van der Waals surface area contributed by atoms with Crippen LogP contribution in [0.4, 0.5) is 0 Å². The summed E-state index contributed by atoms with van der Waals surface area (Å²) in [6, 6.07) is 8.22. The molecule has 0 radical (unpaired) electrons. The number of ether oxygens (including phenoxy) is 1. The Bertz CT molecular complexity index is 372. The molecule has 0 bridgehead atoms. The first kappa shape index (κ1) is 12.5. The van der Waals surface area contributed by atoms with Crippen LogP contribution in [-0.4, -0.2) is 24.9 Å². The van der Waals surface area contributed by atoms with Crippen LogP contribution in [0.1, 0.15) is 18.4 Å². The van der Waals surface area contributed by atoms with Gasteiger partial charge in [-0.2, -0.15) is 0 Å². The van der Waals surface area contributed by atoms with Crippen molar-refractivity contribution < 1.29 is 9.53 Å². The maximum absolute atomic E-state index is 11.7. The van der Waals surface area contributed by atoms with Gasteiger partial charge in [-0.05, 0) is 36.8 Å². The molecular formula is C13H17NO2S. The highest BCUT2D eigenvalue weighted by Crippen LogP contribution is 2.15. The number of thioether (sulfide) groups is 1. The summed E-state index contributed by atoms with van der Waals surface area (Å²) in [5, 5.41) is 2.91. The van der Waals surface area contributed by atoms with Crippen molar-refractivity contribution in [3.63, 3.8) is 0 Å². The lowest BCUT2D eigenvalue weighted by molar-refractivity contribution is -0.130. The summed E-state index contributed by atoms with van der Waals surface area (Å²) in [5.41, 5.74) is 1.12. The normalized spacial score (nSPS) is 19.2. The first-order chi connectivity index (χ1) is 8.29. The van der Waals surface area contributed by atoms with Crippen LogP contribution in [0.5, 0.6) is 0 Å². The second kappa shape index (κ2) is 6.07. The highest BCUT2D eigenvalue weighted by Gasteiger charge is 2.22. The first-order valence-electron chi connectivity index (χ1n) is 5.82. The van der Waals surface area contributed by atoms with Gasteiger partial charge in [-0.3, -0.25) is 4.79 Å². The van der Waals surface area contributed by atoms with Gasteiger partial charge in [-0.1, -0.05) is 12.1 Å². The van der Waals surface area contributed by atoms with Gasteiger partial charge >= 0.3 is 0 Å². The number of carbonyl (C=O) groups excluding carboxylic acids is 1. The van der Waals surface area contributed by atoms with Gasteiger partial charge in [0.2, 0.25) is 5.91 Å². The van der Waals surface area contributed by atoms with E-state index in [9.17, 15) is 4.79 Å². The Balaban J connectivity index is 1.82. The van der Waals surface area contributed by atoms with Crippen LogP contribution in [0.2, 0.25) is 0 Å². The van der Waals surface area contributed by atoms with E-state index in [1.807, 2.05) is 18.4 Å². The Kier molecular flexibility index (Phi) is 4.45. The number of amides is 1.